The third-order valence-corrected chi connectivity index (χ3v) is 3.47. The van der Waals surface area contributed by atoms with Crippen LogP contribution in [0.2, 0.25) is 0 Å². The molecule has 0 heterocycles. The van der Waals surface area contributed by atoms with E-state index in [1.165, 1.54) is 0 Å². The zero-order valence-corrected chi connectivity index (χ0v) is 12.2. The van der Waals surface area contributed by atoms with Gasteiger partial charge in [-0.3, -0.25) is 14.0 Å². The Bertz CT molecular complexity index is 275. The Labute approximate surface area is 105 Å². The molecule has 0 rings (SSSR count). The highest BCUT2D eigenvalue weighted by molar-refractivity contribution is 7.81. The lowest BCUT2D eigenvalue weighted by Crippen LogP contribution is -2.50. The molecule has 17 heavy (non-hydrogen) atoms. The first-order valence-electron chi connectivity index (χ1n) is 5.92. The minimum atomic E-state index is -3.93. The summed E-state index contributed by atoms with van der Waals surface area (Å²) in [5.74, 6) is 0. The normalized spacial score (nSPS) is 12.9. The summed E-state index contributed by atoms with van der Waals surface area (Å²) in [7, 11) is -2.84. The Morgan fingerprint density at radius 1 is 0.941 bits per heavy atom. The van der Waals surface area contributed by atoms with Crippen molar-refractivity contribution in [2.24, 2.45) is 0 Å². The maximum Gasteiger partial charge on any atom is 0.402 e. The quantitative estimate of drug-likeness (QED) is 0.578. The van der Waals surface area contributed by atoms with Gasteiger partial charge in [0, 0.05) is 0 Å². The number of hydrogen-bond donors (Lipinski definition) is 0. The van der Waals surface area contributed by atoms with Crippen LogP contribution in [0.4, 0.5) is 0 Å². The van der Waals surface area contributed by atoms with Gasteiger partial charge < -0.3 is 0 Å². The largest absolute Gasteiger partial charge is 0.402 e. The first-order chi connectivity index (χ1) is 7.95. The molecule has 0 amide bonds. The molecule has 0 aliphatic rings. The van der Waals surface area contributed by atoms with Crippen LogP contribution in [-0.2, 0) is 18.8 Å². The highest BCUT2D eigenvalue weighted by atomic mass is 32.3. The molecule has 0 saturated heterocycles. The van der Waals surface area contributed by atoms with Gasteiger partial charge in [0.2, 0.25) is 0 Å². The van der Waals surface area contributed by atoms with Gasteiger partial charge in [-0.05, 0) is 26.2 Å². The van der Waals surface area contributed by atoms with E-state index in [1.807, 2.05) is 37.5 Å². The van der Waals surface area contributed by atoms with E-state index < -0.39 is 16.8 Å². The Morgan fingerprint density at radius 2 is 1.29 bits per heavy atom. The summed E-state index contributed by atoms with van der Waals surface area (Å²) < 4.78 is 32.2. The lowest BCUT2D eigenvalue weighted by atomic mass is 10.4. The SMILES string of the molecule is CCN(CC)C(OS(=O)(=O)OC)N(CC)CC. The Balaban J connectivity index is 4.96. The zero-order valence-electron chi connectivity index (χ0n) is 11.3. The molecule has 0 bridgehead atoms. The molecule has 0 aromatic heterocycles. The van der Waals surface area contributed by atoms with Crippen LogP contribution >= 0.6 is 0 Å². The van der Waals surface area contributed by atoms with Crippen molar-refractivity contribution in [3.63, 3.8) is 0 Å². The molecule has 0 aromatic carbocycles. The van der Waals surface area contributed by atoms with Crippen molar-refractivity contribution in [3.8, 4) is 0 Å². The summed E-state index contributed by atoms with van der Waals surface area (Å²) in [6.45, 7) is 10.7. The monoisotopic (exact) mass is 268 g/mol. The van der Waals surface area contributed by atoms with Crippen LogP contribution in [0.5, 0.6) is 0 Å². The van der Waals surface area contributed by atoms with E-state index in [9.17, 15) is 8.42 Å². The molecule has 0 N–H and O–H groups in total. The van der Waals surface area contributed by atoms with Crippen LogP contribution in [0.1, 0.15) is 27.7 Å². The standard InChI is InChI=1S/C10H24N2O4S/c1-6-11(7-2)10(12(8-3)9-4)16-17(13,14)15-5/h10H,6-9H2,1-5H3. The van der Waals surface area contributed by atoms with Gasteiger partial charge in [-0.2, -0.15) is 8.42 Å². The summed E-state index contributed by atoms with van der Waals surface area (Å²) in [6.07, 6.45) is -0.607. The smallest absolute Gasteiger partial charge is 0.265 e. The second-order valence-corrected chi connectivity index (χ2v) is 4.78. The minimum Gasteiger partial charge on any atom is -0.265 e. The van der Waals surface area contributed by atoms with Gasteiger partial charge in [0.25, 0.3) is 0 Å². The third-order valence-electron chi connectivity index (χ3n) is 2.66. The van der Waals surface area contributed by atoms with E-state index >= 15 is 0 Å². The molecule has 0 unspecified atom stereocenters. The lowest BCUT2D eigenvalue weighted by molar-refractivity contribution is -0.0873. The predicted octanol–water partition coefficient (Wildman–Crippen LogP) is 0.861. The van der Waals surface area contributed by atoms with Gasteiger partial charge in [-0.15, -0.1) is 0 Å². The number of hydrogen-bond acceptors (Lipinski definition) is 6. The summed E-state index contributed by atoms with van der Waals surface area (Å²) in [5.41, 5.74) is 0. The fraction of sp³-hybridized carbons (Fsp3) is 1.00. The molecule has 104 valence electrons. The number of nitrogens with zero attached hydrogens (tertiary/aromatic N) is 2. The fourth-order valence-electron chi connectivity index (χ4n) is 1.57. The summed E-state index contributed by atoms with van der Waals surface area (Å²) >= 11 is 0. The van der Waals surface area contributed by atoms with Crippen molar-refractivity contribution in [3.05, 3.63) is 0 Å². The third kappa shape index (κ3) is 5.31. The van der Waals surface area contributed by atoms with Gasteiger partial charge in [0.15, 0.2) is 6.35 Å². The highest BCUT2D eigenvalue weighted by Gasteiger charge is 2.28. The first kappa shape index (κ1) is 16.8. The van der Waals surface area contributed by atoms with Crippen LogP contribution in [0, 0.1) is 0 Å². The molecule has 0 spiro atoms. The molecule has 0 fully saturated rings. The van der Waals surface area contributed by atoms with Gasteiger partial charge in [0.1, 0.15) is 0 Å². The molecule has 7 heteroatoms. The van der Waals surface area contributed by atoms with Crippen molar-refractivity contribution < 1.29 is 16.8 Å². The van der Waals surface area contributed by atoms with Crippen LogP contribution in [-0.4, -0.2) is 57.9 Å². The molecule has 0 aliphatic carbocycles. The zero-order chi connectivity index (χ0) is 13.5. The molecule has 0 radical (unpaired) electrons. The van der Waals surface area contributed by atoms with Crippen LogP contribution in [0.15, 0.2) is 0 Å². The fourth-order valence-corrected chi connectivity index (χ4v) is 2.10. The van der Waals surface area contributed by atoms with Gasteiger partial charge in [-0.25, -0.2) is 4.18 Å². The van der Waals surface area contributed by atoms with Crippen LogP contribution in [0.25, 0.3) is 0 Å². The van der Waals surface area contributed by atoms with Gasteiger partial charge in [-0.1, -0.05) is 27.7 Å². The van der Waals surface area contributed by atoms with Crippen LogP contribution in [0.3, 0.4) is 0 Å². The van der Waals surface area contributed by atoms with E-state index in [0.29, 0.717) is 26.2 Å². The van der Waals surface area contributed by atoms with Crippen molar-refractivity contribution in [1.29, 1.82) is 0 Å². The number of rotatable bonds is 9. The van der Waals surface area contributed by atoms with E-state index in [-0.39, 0.29) is 0 Å². The molecule has 0 aliphatic heterocycles. The van der Waals surface area contributed by atoms with Crippen molar-refractivity contribution in [2.75, 3.05) is 33.3 Å². The summed E-state index contributed by atoms with van der Waals surface area (Å²) in [6, 6.07) is 0. The van der Waals surface area contributed by atoms with E-state index in [0.717, 1.165) is 7.11 Å². The summed E-state index contributed by atoms with van der Waals surface area (Å²) in [4.78, 5) is 3.84. The Kier molecular flexibility index (Phi) is 7.89. The molecular weight excluding hydrogens is 244 g/mol. The Hall–Kier alpha value is -0.210. The van der Waals surface area contributed by atoms with E-state index in [4.69, 9.17) is 4.18 Å². The van der Waals surface area contributed by atoms with Gasteiger partial charge in [0.05, 0.1) is 7.11 Å². The average molecular weight is 268 g/mol. The molecule has 0 aromatic rings. The molecule has 6 nitrogen and oxygen atoms in total. The second-order valence-electron chi connectivity index (χ2n) is 3.44. The van der Waals surface area contributed by atoms with Crippen molar-refractivity contribution >= 4 is 10.4 Å². The Morgan fingerprint density at radius 3 is 1.53 bits per heavy atom. The second kappa shape index (κ2) is 7.99. The maximum absolute atomic E-state index is 11.4. The maximum atomic E-state index is 11.4. The van der Waals surface area contributed by atoms with Crippen LogP contribution < -0.4 is 0 Å². The molecular formula is C10H24N2O4S. The molecule has 0 saturated carbocycles. The summed E-state index contributed by atoms with van der Waals surface area (Å²) in [5, 5.41) is 0. The van der Waals surface area contributed by atoms with Crippen molar-refractivity contribution in [1.82, 2.24) is 9.80 Å². The molecule has 0 atom stereocenters. The van der Waals surface area contributed by atoms with Crippen molar-refractivity contribution in [2.45, 2.75) is 34.0 Å². The van der Waals surface area contributed by atoms with Gasteiger partial charge >= 0.3 is 10.4 Å². The average Bonchev–Trinajstić information content (AvgIpc) is 2.31. The predicted molar refractivity (Wildman–Crippen MR) is 66.6 cm³/mol. The highest BCUT2D eigenvalue weighted by Crippen LogP contribution is 2.11. The minimum absolute atomic E-state index is 0.607. The lowest BCUT2D eigenvalue weighted by Gasteiger charge is -2.36. The first-order valence-corrected chi connectivity index (χ1v) is 7.25. The van der Waals surface area contributed by atoms with E-state index in [1.54, 1.807) is 0 Å². The van der Waals surface area contributed by atoms with E-state index in [2.05, 4.69) is 4.18 Å². The topological polar surface area (TPSA) is 59.1 Å².